The third-order valence-corrected chi connectivity index (χ3v) is 2.99. The monoisotopic (exact) mass is 265 g/mol. The Morgan fingerprint density at radius 2 is 1.89 bits per heavy atom. The SMILES string of the molecule is CCCCCOc1ccc(CNCCC)cc1OC. The Morgan fingerprint density at radius 1 is 1.05 bits per heavy atom. The van der Waals surface area contributed by atoms with Crippen LogP contribution in [-0.2, 0) is 6.54 Å². The molecule has 0 unspecified atom stereocenters. The summed E-state index contributed by atoms with van der Waals surface area (Å²) in [6.07, 6.45) is 4.67. The summed E-state index contributed by atoms with van der Waals surface area (Å²) in [6, 6.07) is 6.16. The van der Waals surface area contributed by atoms with Gasteiger partial charge in [-0.25, -0.2) is 0 Å². The molecule has 19 heavy (non-hydrogen) atoms. The predicted molar refractivity (Wildman–Crippen MR) is 80.0 cm³/mol. The molecule has 1 aromatic carbocycles. The standard InChI is InChI=1S/C16H27NO2/c1-4-6-7-11-19-15-9-8-14(12-16(15)18-3)13-17-10-5-2/h8-9,12,17H,4-7,10-11,13H2,1-3H3. The van der Waals surface area contributed by atoms with Crippen molar-refractivity contribution in [2.75, 3.05) is 20.3 Å². The summed E-state index contributed by atoms with van der Waals surface area (Å²) in [4.78, 5) is 0. The van der Waals surface area contributed by atoms with Crippen molar-refractivity contribution in [3.63, 3.8) is 0 Å². The molecular formula is C16H27NO2. The van der Waals surface area contributed by atoms with Gasteiger partial charge in [-0.15, -0.1) is 0 Å². The third kappa shape index (κ3) is 5.97. The van der Waals surface area contributed by atoms with Crippen LogP contribution in [-0.4, -0.2) is 20.3 Å². The number of ether oxygens (including phenoxy) is 2. The van der Waals surface area contributed by atoms with E-state index in [-0.39, 0.29) is 0 Å². The van der Waals surface area contributed by atoms with Gasteiger partial charge in [0, 0.05) is 6.54 Å². The predicted octanol–water partition coefficient (Wildman–Crippen LogP) is 3.76. The topological polar surface area (TPSA) is 30.5 Å². The second-order valence-electron chi connectivity index (χ2n) is 4.72. The Morgan fingerprint density at radius 3 is 2.58 bits per heavy atom. The van der Waals surface area contributed by atoms with E-state index in [0.717, 1.165) is 44.0 Å². The number of hydrogen-bond donors (Lipinski definition) is 1. The van der Waals surface area contributed by atoms with Crippen molar-refractivity contribution < 1.29 is 9.47 Å². The van der Waals surface area contributed by atoms with Gasteiger partial charge in [-0.05, 0) is 37.1 Å². The number of nitrogens with one attached hydrogen (secondary N) is 1. The van der Waals surface area contributed by atoms with Crippen molar-refractivity contribution >= 4 is 0 Å². The lowest BCUT2D eigenvalue weighted by Crippen LogP contribution is -2.13. The quantitative estimate of drug-likeness (QED) is 0.653. The molecule has 0 atom stereocenters. The molecule has 0 heterocycles. The Hall–Kier alpha value is -1.22. The van der Waals surface area contributed by atoms with Gasteiger partial charge in [0.05, 0.1) is 13.7 Å². The summed E-state index contributed by atoms with van der Waals surface area (Å²) in [5, 5.41) is 3.39. The fourth-order valence-corrected chi connectivity index (χ4v) is 1.88. The molecular weight excluding hydrogens is 238 g/mol. The molecule has 0 aromatic heterocycles. The molecule has 0 fully saturated rings. The van der Waals surface area contributed by atoms with Crippen molar-refractivity contribution in [3.8, 4) is 11.5 Å². The molecule has 108 valence electrons. The fraction of sp³-hybridized carbons (Fsp3) is 0.625. The van der Waals surface area contributed by atoms with E-state index in [9.17, 15) is 0 Å². The van der Waals surface area contributed by atoms with Crippen LogP contribution < -0.4 is 14.8 Å². The van der Waals surface area contributed by atoms with Crippen LogP contribution in [0.5, 0.6) is 11.5 Å². The highest BCUT2D eigenvalue weighted by molar-refractivity contribution is 5.42. The summed E-state index contributed by atoms with van der Waals surface area (Å²) < 4.78 is 11.2. The van der Waals surface area contributed by atoms with Crippen LogP contribution in [0.25, 0.3) is 0 Å². The van der Waals surface area contributed by atoms with Gasteiger partial charge < -0.3 is 14.8 Å². The molecule has 0 aliphatic carbocycles. The Balaban J connectivity index is 2.52. The van der Waals surface area contributed by atoms with Crippen LogP contribution in [0.2, 0.25) is 0 Å². The van der Waals surface area contributed by atoms with Gasteiger partial charge in [0.25, 0.3) is 0 Å². The molecule has 0 spiro atoms. The van der Waals surface area contributed by atoms with Crippen molar-refractivity contribution in [3.05, 3.63) is 23.8 Å². The van der Waals surface area contributed by atoms with Gasteiger partial charge in [-0.3, -0.25) is 0 Å². The zero-order valence-electron chi connectivity index (χ0n) is 12.5. The number of hydrogen-bond acceptors (Lipinski definition) is 3. The summed E-state index contributed by atoms with van der Waals surface area (Å²) >= 11 is 0. The minimum absolute atomic E-state index is 0.762. The van der Waals surface area contributed by atoms with E-state index in [1.54, 1.807) is 7.11 Å². The Bertz CT molecular complexity index is 353. The van der Waals surface area contributed by atoms with E-state index in [0.29, 0.717) is 0 Å². The molecule has 0 radical (unpaired) electrons. The van der Waals surface area contributed by atoms with E-state index < -0.39 is 0 Å². The largest absolute Gasteiger partial charge is 0.493 e. The highest BCUT2D eigenvalue weighted by atomic mass is 16.5. The molecule has 0 bridgehead atoms. The molecule has 0 aliphatic heterocycles. The van der Waals surface area contributed by atoms with Crippen LogP contribution in [0.15, 0.2) is 18.2 Å². The zero-order chi connectivity index (χ0) is 13.9. The van der Waals surface area contributed by atoms with Crippen LogP contribution in [0.4, 0.5) is 0 Å². The lowest BCUT2D eigenvalue weighted by Gasteiger charge is -2.12. The first kappa shape index (κ1) is 15.8. The number of benzene rings is 1. The van der Waals surface area contributed by atoms with E-state index in [1.165, 1.54) is 18.4 Å². The van der Waals surface area contributed by atoms with Crippen LogP contribution in [0.3, 0.4) is 0 Å². The number of unbranched alkanes of at least 4 members (excludes halogenated alkanes) is 2. The number of methoxy groups -OCH3 is 1. The number of rotatable bonds is 10. The van der Waals surface area contributed by atoms with Gasteiger partial charge in [-0.1, -0.05) is 32.8 Å². The van der Waals surface area contributed by atoms with E-state index in [2.05, 4.69) is 31.3 Å². The van der Waals surface area contributed by atoms with Gasteiger partial charge >= 0.3 is 0 Å². The average Bonchev–Trinajstić information content (AvgIpc) is 2.44. The lowest BCUT2D eigenvalue weighted by atomic mass is 10.2. The van der Waals surface area contributed by atoms with Crippen molar-refractivity contribution in [2.45, 2.75) is 46.1 Å². The lowest BCUT2D eigenvalue weighted by molar-refractivity contribution is 0.286. The molecule has 3 heteroatoms. The zero-order valence-corrected chi connectivity index (χ0v) is 12.5. The second-order valence-corrected chi connectivity index (χ2v) is 4.72. The van der Waals surface area contributed by atoms with Gasteiger partial charge in [0.15, 0.2) is 11.5 Å². The van der Waals surface area contributed by atoms with Crippen molar-refractivity contribution in [1.29, 1.82) is 0 Å². The molecule has 0 saturated carbocycles. The summed E-state index contributed by atoms with van der Waals surface area (Å²) in [6.45, 7) is 7.04. The summed E-state index contributed by atoms with van der Waals surface area (Å²) in [5.41, 5.74) is 1.23. The molecule has 1 aromatic rings. The van der Waals surface area contributed by atoms with E-state index in [1.807, 2.05) is 6.07 Å². The first-order valence-corrected chi connectivity index (χ1v) is 7.32. The van der Waals surface area contributed by atoms with Gasteiger partial charge in [-0.2, -0.15) is 0 Å². The van der Waals surface area contributed by atoms with Crippen LogP contribution >= 0.6 is 0 Å². The first-order chi connectivity index (χ1) is 9.31. The summed E-state index contributed by atoms with van der Waals surface area (Å²) in [7, 11) is 1.69. The fourth-order valence-electron chi connectivity index (χ4n) is 1.88. The Labute approximate surface area is 117 Å². The molecule has 0 aliphatic rings. The highest BCUT2D eigenvalue weighted by Gasteiger charge is 2.05. The van der Waals surface area contributed by atoms with Crippen molar-refractivity contribution in [2.24, 2.45) is 0 Å². The highest BCUT2D eigenvalue weighted by Crippen LogP contribution is 2.28. The summed E-state index contributed by atoms with van der Waals surface area (Å²) in [5.74, 6) is 1.67. The van der Waals surface area contributed by atoms with Crippen LogP contribution in [0.1, 0.15) is 45.1 Å². The van der Waals surface area contributed by atoms with Gasteiger partial charge in [0.2, 0.25) is 0 Å². The maximum atomic E-state index is 5.77. The maximum Gasteiger partial charge on any atom is 0.161 e. The first-order valence-electron chi connectivity index (χ1n) is 7.32. The normalized spacial score (nSPS) is 10.5. The van der Waals surface area contributed by atoms with Gasteiger partial charge in [0.1, 0.15) is 0 Å². The average molecular weight is 265 g/mol. The van der Waals surface area contributed by atoms with E-state index >= 15 is 0 Å². The Kier molecular flexibility index (Phi) is 8.07. The molecule has 0 amide bonds. The molecule has 1 N–H and O–H groups in total. The minimum atomic E-state index is 0.762. The smallest absolute Gasteiger partial charge is 0.161 e. The molecule has 3 nitrogen and oxygen atoms in total. The second kappa shape index (κ2) is 9.68. The van der Waals surface area contributed by atoms with Crippen LogP contribution in [0, 0.1) is 0 Å². The molecule has 0 saturated heterocycles. The molecule has 1 rings (SSSR count). The third-order valence-electron chi connectivity index (χ3n) is 2.99. The maximum absolute atomic E-state index is 5.77. The minimum Gasteiger partial charge on any atom is -0.493 e. The van der Waals surface area contributed by atoms with E-state index in [4.69, 9.17) is 9.47 Å². The van der Waals surface area contributed by atoms with Crippen molar-refractivity contribution in [1.82, 2.24) is 5.32 Å².